The number of halogens is 3. The molecule has 0 aliphatic carbocycles. The van der Waals surface area contributed by atoms with Crippen molar-refractivity contribution in [1.82, 2.24) is 5.32 Å². The van der Waals surface area contributed by atoms with E-state index in [1.807, 2.05) is 0 Å². The Morgan fingerprint density at radius 2 is 2.12 bits per heavy atom. The predicted molar refractivity (Wildman–Crippen MR) is 60.0 cm³/mol. The van der Waals surface area contributed by atoms with Crippen molar-refractivity contribution in [2.24, 2.45) is 0 Å². The predicted octanol–water partition coefficient (Wildman–Crippen LogP) is 3.43. The molecule has 1 aromatic carbocycles. The highest BCUT2D eigenvalue weighted by Crippen LogP contribution is 2.40. The van der Waals surface area contributed by atoms with Crippen molar-refractivity contribution in [1.29, 1.82) is 0 Å². The molecule has 0 spiro atoms. The fourth-order valence-electron chi connectivity index (χ4n) is 1.96. The zero-order chi connectivity index (χ0) is 12.5. The second kappa shape index (κ2) is 4.78. The lowest BCUT2D eigenvalue weighted by Gasteiger charge is -2.14. The van der Waals surface area contributed by atoms with E-state index in [1.54, 1.807) is 0 Å². The molecule has 6 heteroatoms. The van der Waals surface area contributed by atoms with Crippen LogP contribution in [-0.4, -0.2) is 17.2 Å². The Balaban J connectivity index is 2.22. The van der Waals surface area contributed by atoms with E-state index in [9.17, 15) is 18.3 Å². The van der Waals surface area contributed by atoms with E-state index in [0.29, 0.717) is 5.56 Å². The van der Waals surface area contributed by atoms with Crippen LogP contribution in [0.4, 0.5) is 13.2 Å². The van der Waals surface area contributed by atoms with E-state index in [2.05, 4.69) is 5.32 Å². The maximum atomic E-state index is 12.2. The average molecular weight is 263 g/mol. The summed E-state index contributed by atoms with van der Waals surface area (Å²) in [5.41, 5.74) is -3.74. The molecule has 17 heavy (non-hydrogen) atoms. The summed E-state index contributed by atoms with van der Waals surface area (Å²) in [5.74, 6) is 0.0518. The van der Waals surface area contributed by atoms with Crippen LogP contribution in [0.25, 0.3) is 0 Å². The van der Waals surface area contributed by atoms with Crippen molar-refractivity contribution in [3.8, 4) is 5.75 Å². The van der Waals surface area contributed by atoms with Crippen LogP contribution in [0.15, 0.2) is 23.1 Å². The first-order valence-corrected chi connectivity index (χ1v) is 6.09. The Morgan fingerprint density at radius 1 is 1.35 bits per heavy atom. The average Bonchev–Trinajstić information content (AvgIpc) is 2.72. The van der Waals surface area contributed by atoms with Crippen LogP contribution in [0.2, 0.25) is 0 Å². The van der Waals surface area contributed by atoms with Gasteiger partial charge in [0.05, 0.1) is 0 Å². The second-order valence-corrected chi connectivity index (χ2v) is 5.06. The molecule has 2 nitrogen and oxygen atoms in total. The molecule has 0 saturated carbocycles. The van der Waals surface area contributed by atoms with Crippen molar-refractivity contribution >= 4 is 11.8 Å². The molecular formula is C11H12F3NOS. The maximum Gasteiger partial charge on any atom is 0.446 e. The van der Waals surface area contributed by atoms with Gasteiger partial charge in [-0.2, -0.15) is 13.2 Å². The minimum Gasteiger partial charge on any atom is -0.508 e. The summed E-state index contributed by atoms with van der Waals surface area (Å²) in [7, 11) is 0. The van der Waals surface area contributed by atoms with Crippen LogP contribution < -0.4 is 5.32 Å². The number of phenols is 1. The highest BCUT2D eigenvalue weighted by molar-refractivity contribution is 8.00. The van der Waals surface area contributed by atoms with E-state index in [4.69, 9.17) is 0 Å². The summed E-state index contributed by atoms with van der Waals surface area (Å²) in [5, 5.41) is 12.8. The highest BCUT2D eigenvalue weighted by atomic mass is 32.2. The Kier molecular flexibility index (Phi) is 3.53. The van der Waals surface area contributed by atoms with Crippen LogP contribution in [0, 0.1) is 0 Å². The van der Waals surface area contributed by atoms with Gasteiger partial charge in [0.15, 0.2) is 0 Å². The van der Waals surface area contributed by atoms with Gasteiger partial charge in [0.2, 0.25) is 0 Å². The quantitative estimate of drug-likeness (QED) is 0.802. The van der Waals surface area contributed by atoms with Gasteiger partial charge in [0.1, 0.15) is 5.75 Å². The van der Waals surface area contributed by atoms with Gasteiger partial charge in [-0.15, -0.1) is 0 Å². The summed E-state index contributed by atoms with van der Waals surface area (Å²) < 4.78 is 36.7. The van der Waals surface area contributed by atoms with Gasteiger partial charge in [0, 0.05) is 16.5 Å². The topological polar surface area (TPSA) is 32.3 Å². The standard InChI is InChI=1S/C11H12F3NOS/c12-11(13,14)17-7-3-4-10(16)8(6-7)9-2-1-5-15-9/h3-4,6,9,15-16H,1-2,5H2/t9-/m1/s1. The zero-order valence-electron chi connectivity index (χ0n) is 8.92. The molecule has 2 rings (SSSR count). The van der Waals surface area contributed by atoms with E-state index in [1.165, 1.54) is 18.2 Å². The van der Waals surface area contributed by atoms with Gasteiger partial charge in [-0.3, -0.25) is 0 Å². The fraction of sp³-hybridized carbons (Fsp3) is 0.455. The first kappa shape index (κ1) is 12.6. The molecule has 1 heterocycles. The van der Waals surface area contributed by atoms with Crippen molar-refractivity contribution in [3.63, 3.8) is 0 Å². The first-order valence-electron chi connectivity index (χ1n) is 5.28. The van der Waals surface area contributed by atoms with Crippen molar-refractivity contribution < 1.29 is 18.3 Å². The summed E-state index contributed by atoms with van der Waals surface area (Å²) in [4.78, 5) is 0.110. The third kappa shape index (κ3) is 3.29. The number of rotatable bonds is 2. The monoisotopic (exact) mass is 263 g/mol. The number of thioether (sulfide) groups is 1. The number of hydrogen-bond donors (Lipinski definition) is 2. The molecule has 1 fully saturated rings. The molecule has 1 atom stereocenters. The highest BCUT2D eigenvalue weighted by Gasteiger charge is 2.30. The van der Waals surface area contributed by atoms with Gasteiger partial charge in [-0.1, -0.05) is 0 Å². The van der Waals surface area contributed by atoms with Gasteiger partial charge in [0.25, 0.3) is 0 Å². The van der Waals surface area contributed by atoms with Crippen molar-refractivity contribution in [2.75, 3.05) is 6.54 Å². The minimum absolute atomic E-state index is 0.0382. The Hall–Kier alpha value is -0.880. The normalized spacial score (nSPS) is 20.8. The lowest BCUT2D eigenvalue weighted by molar-refractivity contribution is -0.0328. The molecule has 1 aliphatic rings. The largest absolute Gasteiger partial charge is 0.508 e. The summed E-state index contributed by atoms with van der Waals surface area (Å²) in [6, 6.07) is 3.98. The van der Waals surface area contributed by atoms with E-state index >= 15 is 0 Å². The number of nitrogens with one attached hydrogen (secondary N) is 1. The fourth-order valence-corrected chi connectivity index (χ4v) is 2.55. The number of hydrogen-bond acceptors (Lipinski definition) is 3. The van der Waals surface area contributed by atoms with Crippen molar-refractivity contribution in [2.45, 2.75) is 29.3 Å². The lowest BCUT2D eigenvalue weighted by Crippen LogP contribution is -2.13. The number of phenolic OH excluding ortho intramolecular Hbond substituents is 1. The lowest BCUT2D eigenvalue weighted by atomic mass is 10.0. The molecule has 0 radical (unpaired) electrons. The maximum absolute atomic E-state index is 12.2. The van der Waals surface area contributed by atoms with Crippen LogP contribution in [0.5, 0.6) is 5.75 Å². The van der Waals surface area contributed by atoms with Crippen molar-refractivity contribution in [3.05, 3.63) is 23.8 Å². The van der Waals surface area contributed by atoms with Crippen LogP contribution in [0.1, 0.15) is 24.4 Å². The van der Waals surface area contributed by atoms with Crippen LogP contribution in [-0.2, 0) is 0 Å². The molecular weight excluding hydrogens is 251 g/mol. The number of aromatic hydroxyl groups is 1. The molecule has 1 aromatic rings. The third-order valence-corrected chi connectivity index (χ3v) is 3.39. The first-order chi connectivity index (χ1) is 7.96. The summed E-state index contributed by atoms with van der Waals surface area (Å²) >= 11 is -0.156. The van der Waals surface area contributed by atoms with Gasteiger partial charge < -0.3 is 10.4 Å². The van der Waals surface area contributed by atoms with Gasteiger partial charge in [-0.25, -0.2) is 0 Å². The summed E-state index contributed by atoms with van der Waals surface area (Å²) in [6.07, 6.45) is 1.81. The van der Waals surface area contributed by atoms with Crippen LogP contribution >= 0.6 is 11.8 Å². The van der Waals surface area contributed by atoms with E-state index in [0.717, 1.165) is 19.4 Å². The molecule has 0 aromatic heterocycles. The molecule has 94 valence electrons. The van der Waals surface area contributed by atoms with E-state index in [-0.39, 0.29) is 28.4 Å². The smallest absolute Gasteiger partial charge is 0.446 e. The zero-order valence-corrected chi connectivity index (χ0v) is 9.74. The summed E-state index contributed by atoms with van der Waals surface area (Å²) in [6.45, 7) is 0.834. The Labute approximate surface area is 101 Å². The van der Waals surface area contributed by atoms with Gasteiger partial charge in [-0.05, 0) is 49.3 Å². The second-order valence-electron chi connectivity index (χ2n) is 3.92. The number of alkyl halides is 3. The molecule has 0 amide bonds. The van der Waals surface area contributed by atoms with E-state index < -0.39 is 5.51 Å². The molecule has 1 saturated heterocycles. The molecule has 0 unspecified atom stereocenters. The SMILES string of the molecule is Oc1ccc(SC(F)(F)F)cc1[C@H]1CCCN1. The minimum atomic E-state index is -4.29. The van der Waals surface area contributed by atoms with Gasteiger partial charge >= 0.3 is 5.51 Å². The Bertz CT molecular complexity index is 402. The number of benzene rings is 1. The molecule has 1 aliphatic heterocycles. The third-order valence-electron chi connectivity index (χ3n) is 2.67. The molecule has 0 bridgehead atoms. The van der Waals surface area contributed by atoms with Crippen LogP contribution in [0.3, 0.4) is 0 Å². The molecule has 2 N–H and O–H groups in total. The Morgan fingerprint density at radius 3 is 2.71 bits per heavy atom.